The molecule has 0 spiro atoms. The van der Waals surface area contributed by atoms with Gasteiger partial charge in [0.05, 0.1) is 16.1 Å². The van der Waals surface area contributed by atoms with Crippen LogP contribution in [0.2, 0.25) is 0 Å². The van der Waals surface area contributed by atoms with Crippen molar-refractivity contribution in [2.45, 2.75) is 11.1 Å². The Hall–Kier alpha value is -2.95. The molecular weight excluding hydrogens is 401 g/mol. The summed E-state index contributed by atoms with van der Waals surface area (Å²) in [7, 11) is -4.13. The average molecular weight is 416 g/mol. The summed E-state index contributed by atoms with van der Waals surface area (Å²) in [6.07, 6.45) is -4.59. The van der Waals surface area contributed by atoms with E-state index in [4.69, 9.17) is 9.47 Å². The molecule has 1 aliphatic rings. The molecule has 0 fully saturated rings. The van der Waals surface area contributed by atoms with Gasteiger partial charge in [-0.1, -0.05) is 12.1 Å². The van der Waals surface area contributed by atoms with Crippen LogP contribution in [0.1, 0.15) is 10.4 Å². The lowest BCUT2D eigenvalue weighted by atomic mass is 10.1. The highest BCUT2D eigenvalue weighted by molar-refractivity contribution is 7.92. The minimum absolute atomic E-state index is 0.151. The number of benzene rings is 2. The summed E-state index contributed by atoms with van der Waals surface area (Å²) in [4.78, 5) is 11.9. The van der Waals surface area contributed by atoms with E-state index in [-0.39, 0.29) is 28.5 Å². The van der Waals surface area contributed by atoms with E-state index >= 15 is 0 Å². The van der Waals surface area contributed by atoms with Crippen LogP contribution in [0.15, 0.2) is 47.4 Å². The maximum atomic E-state index is 12.7. The van der Waals surface area contributed by atoms with Gasteiger partial charge in [-0.25, -0.2) is 8.42 Å². The van der Waals surface area contributed by atoms with Crippen molar-refractivity contribution in [3.8, 4) is 11.5 Å². The number of carbonyl (C=O) groups is 1. The number of rotatable bonds is 5. The summed E-state index contributed by atoms with van der Waals surface area (Å²) < 4.78 is 75.2. The Morgan fingerprint density at radius 2 is 1.71 bits per heavy atom. The normalized spacial score (nSPS) is 13.7. The summed E-state index contributed by atoms with van der Waals surface area (Å²) in [6, 6.07) is 9.34. The second-order valence-corrected chi connectivity index (χ2v) is 7.44. The Balaban J connectivity index is 1.84. The van der Waals surface area contributed by atoms with E-state index in [1.54, 1.807) is 5.32 Å². The van der Waals surface area contributed by atoms with E-state index in [1.807, 2.05) is 0 Å². The van der Waals surface area contributed by atoms with Crippen LogP contribution in [-0.2, 0) is 10.0 Å². The first kappa shape index (κ1) is 19.8. The fraction of sp³-hybridized carbons (Fsp3) is 0.235. The Morgan fingerprint density at radius 3 is 2.43 bits per heavy atom. The van der Waals surface area contributed by atoms with Crippen LogP contribution >= 0.6 is 0 Å². The minimum atomic E-state index is -4.59. The van der Waals surface area contributed by atoms with Gasteiger partial charge in [0.15, 0.2) is 11.5 Å². The number of carbonyl (C=O) groups excluding carboxylic acids is 1. The summed E-state index contributed by atoms with van der Waals surface area (Å²) in [6.45, 7) is -0.918. The molecule has 0 saturated carbocycles. The number of halogens is 3. The molecule has 0 aromatic heterocycles. The zero-order valence-electron chi connectivity index (χ0n) is 14.2. The van der Waals surface area contributed by atoms with Crippen LogP contribution in [0.5, 0.6) is 11.5 Å². The third kappa shape index (κ3) is 4.66. The maximum Gasteiger partial charge on any atom is 0.405 e. The quantitative estimate of drug-likeness (QED) is 0.782. The first-order chi connectivity index (χ1) is 13.2. The number of ether oxygens (including phenoxy) is 2. The molecule has 0 atom stereocenters. The lowest BCUT2D eigenvalue weighted by Gasteiger charge is -2.19. The van der Waals surface area contributed by atoms with Crippen molar-refractivity contribution >= 4 is 21.6 Å². The van der Waals surface area contributed by atoms with Gasteiger partial charge < -0.3 is 14.8 Å². The number of anilines is 1. The van der Waals surface area contributed by atoms with Crippen molar-refractivity contribution < 1.29 is 35.9 Å². The van der Waals surface area contributed by atoms with Crippen LogP contribution in [0.4, 0.5) is 18.9 Å². The van der Waals surface area contributed by atoms with Crippen molar-refractivity contribution in [1.82, 2.24) is 5.32 Å². The third-order valence-electron chi connectivity index (χ3n) is 3.69. The van der Waals surface area contributed by atoms with Gasteiger partial charge in [0, 0.05) is 6.07 Å². The Labute approximate surface area is 158 Å². The van der Waals surface area contributed by atoms with Crippen molar-refractivity contribution in [3.63, 3.8) is 0 Å². The van der Waals surface area contributed by atoms with Gasteiger partial charge in [-0.2, -0.15) is 13.2 Å². The zero-order chi connectivity index (χ0) is 20.4. The fourth-order valence-corrected chi connectivity index (χ4v) is 3.54. The predicted octanol–water partition coefficient (Wildman–Crippen LogP) is 2.55. The highest BCUT2D eigenvalue weighted by Gasteiger charge is 2.29. The van der Waals surface area contributed by atoms with Gasteiger partial charge in [0.25, 0.3) is 15.9 Å². The summed E-state index contributed by atoms with van der Waals surface area (Å²) in [5, 5.41) is 1.71. The van der Waals surface area contributed by atoms with Crippen LogP contribution in [0, 0.1) is 0 Å². The molecule has 7 nitrogen and oxygen atoms in total. The van der Waals surface area contributed by atoms with Crippen LogP contribution in [0.3, 0.4) is 0 Å². The number of sulfonamides is 1. The highest BCUT2D eigenvalue weighted by Crippen LogP contribution is 2.33. The third-order valence-corrected chi connectivity index (χ3v) is 5.05. The molecule has 28 heavy (non-hydrogen) atoms. The molecule has 0 unspecified atom stereocenters. The van der Waals surface area contributed by atoms with Crippen molar-refractivity contribution in [1.29, 1.82) is 0 Å². The standard InChI is InChI=1S/C17H15F3N2O5S/c18-17(19,20)10-21-16(23)12-3-1-2-4-13(12)22-28(24,25)11-5-6-14-15(9-11)27-8-7-26-14/h1-6,9,22H,7-8,10H2,(H,21,23). The number of fused-ring (bicyclic) bond motifs is 1. The first-order valence-electron chi connectivity index (χ1n) is 8.02. The highest BCUT2D eigenvalue weighted by atomic mass is 32.2. The Morgan fingerprint density at radius 1 is 1.04 bits per heavy atom. The summed E-state index contributed by atoms with van der Waals surface area (Å²) in [5.41, 5.74) is -0.398. The Kier molecular flexibility index (Phi) is 5.36. The molecule has 2 aromatic carbocycles. The Bertz CT molecular complexity index is 993. The second-order valence-electron chi connectivity index (χ2n) is 5.75. The van der Waals surface area contributed by atoms with E-state index in [9.17, 15) is 26.4 Å². The van der Waals surface area contributed by atoms with Gasteiger partial charge in [0.2, 0.25) is 0 Å². The van der Waals surface area contributed by atoms with Crippen LogP contribution in [-0.4, -0.2) is 40.3 Å². The zero-order valence-corrected chi connectivity index (χ0v) is 15.1. The molecule has 0 radical (unpaired) electrons. The van der Waals surface area contributed by atoms with E-state index < -0.39 is 28.7 Å². The second kappa shape index (κ2) is 7.58. The lowest BCUT2D eigenvalue weighted by Crippen LogP contribution is -2.34. The topological polar surface area (TPSA) is 93.7 Å². The van der Waals surface area contributed by atoms with Crippen LogP contribution < -0.4 is 19.5 Å². The van der Waals surface area contributed by atoms with Gasteiger partial charge in [-0.15, -0.1) is 0 Å². The smallest absolute Gasteiger partial charge is 0.405 e. The van der Waals surface area contributed by atoms with Gasteiger partial charge in [-0.3, -0.25) is 9.52 Å². The van der Waals surface area contributed by atoms with Gasteiger partial charge >= 0.3 is 6.18 Å². The molecule has 1 amide bonds. The lowest BCUT2D eigenvalue weighted by molar-refractivity contribution is -0.123. The van der Waals surface area contributed by atoms with Gasteiger partial charge in [0.1, 0.15) is 19.8 Å². The number of alkyl halides is 3. The molecule has 2 aromatic rings. The molecule has 2 N–H and O–H groups in total. The van der Waals surface area contributed by atoms with Crippen LogP contribution in [0.25, 0.3) is 0 Å². The average Bonchev–Trinajstić information content (AvgIpc) is 2.65. The number of para-hydroxylation sites is 1. The van der Waals surface area contributed by atoms with E-state index in [2.05, 4.69) is 4.72 Å². The summed E-state index contributed by atoms with van der Waals surface area (Å²) >= 11 is 0. The first-order valence-corrected chi connectivity index (χ1v) is 9.50. The molecule has 3 rings (SSSR count). The van der Waals surface area contributed by atoms with E-state index in [0.29, 0.717) is 12.4 Å². The monoisotopic (exact) mass is 416 g/mol. The van der Waals surface area contributed by atoms with Crippen molar-refractivity contribution in [2.24, 2.45) is 0 Å². The molecule has 0 bridgehead atoms. The van der Waals surface area contributed by atoms with Crippen molar-refractivity contribution in [2.75, 3.05) is 24.5 Å². The molecular formula is C17H15F3N2O5S. The number of nitrogens with one attached hydrogen (secondary N) is 2. The largest absolute Gasteiger partial charge is 0.486 e. The molecule has 11 heteroatoms. The number of amides is 1. The minimum Gasteiger partial charge on any atom is -0.486 e. The van der Waals surface area contributed by atoms with Crippen molar-refractivity contribution in [3.05, 3.63) is 48.0 Å². The van der Waals surface area contributed by atoms with Gasteiger partial charge in [-0.05, 0) is 24.3 Å². The summed E-state index contributed by atoms with van der Waals surface area (Å²) in [5.74, 6) is -0.403. The van der Waals surface area contributed by atoms with E-state index in [1.165, 1.54) is 42.5 Å². The molecule has 1 heterocycles. The SMILES string of the molecule is O=C(NCC(F)(F)F)c1ccccc1NS(=O)(=O)c1ccc2c(c1)OCCO2. The fourth-order valence-electron chi connectivity index (χ4n) is 2.44. The molecule has 0 aliphatic carbocycles. The number of hydrogen-bond acceptors (Lipinski definition) is 5. The molecule has 0 saturated heterocycles. The number of hydrogen-bond donors (Lipinski definition) is 2. The molecule has 150 valence electrons. The van der Waals surface area contributed by atoms with E-state index in [0.717, 1.165) is 0 Å². The maximum absolute atomic E-state index is 12.7. The predicted molar refractivity (Wildman–Crippen MR) is 93.1 cm³/mol. The molecule has 1 aliphatic heterocycles.